The first-order chi connectivity index (χ1) is 13.6. The van der Waals surface area contributed by atoms with E-state index >= 15 is 0 Å². The Labute approximate surface area is 165 Å². The smallest absolute Gasteiger partial charge is 0.222 e. The molecule has 7 heteroatoms. The van der Waals surface area contributed by atoms with Crippen LogP contribution >= 0.6 is 0 Å². The lowest BCUT2D eigenvalue weighted by atomic mass is 9.79. The van der Waals surface area contributed by atoms with Crippen LogP contribution in [0.25, 0.3) is 0 Å². The van der Waals surface area contributed by atoms with Crippen LogP contribution in [-0.4, -0.2) is 56.7 Å². The van der Waals surface area contributed by atoms with E-state index in [4.69, 9.17) is 0 Å². The molecule has 6 nitrogen and oxygen atoms in total. The van der Waals surface area contributed by atoms with Crippen molar-refractivity contribution in [3.63, 3.8) is 0 Å². The average molecular weight is 385 g/mol. The second kappa shape index (κ2) is 8.39. The maximum atomic E-state index is 14.0. The highest BCUT2D eigenvalue weighted by Gasteiger charge is 2.42. The van der Waals surface area contributed by atoms with Gasteiger partial charge in [0.05, 0.1) is 0 Å². The van der Waals surface area contributed by atoms with E-state index < -0.39 is 0 Å². The van der Waals surface area contributed by atoms with E-state index in [0.29, 0.717) is 13.0 Å². The van der Waals surface area contributed by atoms with Crippen molar-refractivity contribution in [3.05, 3.63) is 48.3 Å². The minimum atomic E-state index is -0.127. The third-order valence-corrected chi connectivity index (χ3v) is 6.13. The summed E-state index contributed by atoms with van der Waals surface area (Å²) >= 11 is 0. The van der Waals surface area contributed by atoms with Crippen LogP contribution in [0.15, 0.2) is 36.9 Å². The molecule has 2 aromatic rings. The maximum absolute atomic E-state index is 14.0. The number of nitrogens with zero attached hydrogens (tertiary/aromatic N) is 5. The van der Waals surface area contributed by atoms with E-state index in [1.807, 2.05) is 17.0 Å². The van der Waals surface area contributed by atoms with Gasteiger partial charge >= 0.3 is 0 Å². The number of aryl methyl sites for hydroxylation is 1. The summed E-state index contributed by atoms with van der Waals surface area (Å²) in [6.45, 7) is 5.01. The minimum absolute atomic E-state index is 0.127. The van der Waals surface area contributed by atoms with Crippen molar-refractivity contribution in [3.8, 4) is 0 Å². The SMILES string of the molecule is O=C(CCCn1cncn1)N1CC[C@@]2(CCCN(Cc3ccccc3F)C2)C1. The lowest BCUT2D eigenvalue weighted by molar-refractivity contribution is -0.130. The molecule has 3 heterocycles. The number of aromatic nitrogens is 3. The Hall–Kier alpha value is -2.28. The Kier molecular flexibility index (Phi) is 5.71. The van der Waals surface area contributed by atoms with Crippen LogP contribution in [0.2, 0.25) is 0 Å². The summed E-state index contributed by atoms with van der Waals surface area (Å²) < 4.78 is 15.8. The second-order valence-corrected chi connectivity index (χ2v) is 8.23. The van der Waals surface area contributed by atoms with Gasteiger partial charge in [-0.05, 0) is 38.3 Å². The maximum Gasteiger partial charge on any atom is 0.222 e. The number of likely N-dealkylation sites (tertiary alicyclic amines) is 2. The predicted octanol–water partition coefficient (Wildman–Crippen LogP) is 2.71. The van der Waals surface area contributed by atoms with Crippen molar-refractivity contribution < 1.29 is 9.18 Å². The van der Waals surface area contributed by atoms with Gasteiger partial charge in [0.2, 0.25) is 5.91 Å². The number of piperidine rings is 1. The third-order valence-electron chi connectivity index (χ3n) is 6.13. The first kappa shape index (κ1) is 19.1. The first-order valence-corrected chi connectivity index (χ1v) is 10.2. The lowest BCUT2D eigenvalue weighted by Gasteiger charge is -2.40. The molecular weight excluding hydrogens is 357 g/mol. The van der Waals surface area contributed by atoms with Crippen LogP contribution in [0.1, 0.15) is 37.7 Å². The predicted molar refractivity (Wildman–Crippen MR) is 104 cm³/mol. The normalized spacial score (nSPS) is 22.8. The van der Waals surface area contributed by atoms with E-state index in [1.54, 1.807) is 17.1 Å². The number of halogens is 1. The highest BCUT2D eigenvalue weighted by Crippen LogP contribution is 2.39. The highest BCUT2D eigenvalue weighted by atomic mass is 19.1. The molecule has 0 saturated carbocycles. The summed E-state index contributed by atoms with van der Waals surface area (Å²) in [5, 5.41) is 4.08. The average Bonchev–Trinajstić information content (AvgIpc) is 3.34. The van der Waals surface area contributed by atoms with Gasteiger partial charge in [-0.1, -0.05) is 18.2 Å². The van der Waals surface area contributed by atoms with Crippen molar-refractivity contribution in [2.24, 2.45) is 5.41 Å². The zero-order valence-corrected chi connectivity index (χ0v) is 16.3. The minimum Gasteiger partial charge on any atom is -0.342 e. The number of carbonyl (C=O) groups is 1. The fourth-order valence-corrected chi connectivity index (χ4v) is 4.69. The van der Waals surface area contributed by atoms with Crippen LogP contribution in [0, 0.1) is 11.2 Å². The first-order valence-electron chi connectivity index (χ1n) is 10.2. The standard InChI is InChI=1S/C21H28FN5O/c22-19-6-2-1-5-18(19)13-25-10-4-8-21(14-25)9-12-26(15-21)20(28)7-3-11-27-17-23-16-24-27/h1-2,5-6,16-17H,3-4,7-15H2/t21-/m1/s1. The molecule has 2 fully saturated rings. The number of rotatable bonds is 6. The largest absolute Gasteiger partial charge is 0.342 e. The molecule has 0 radical (unpaired) electrons. The summed E-state index contributed by atoms with van der Waals surface area (Å²) in [4.78, 5) is 21.0. The molecule has 150 valence electrons. The van der Waals surface area contributed by atoms with E-state index in [1.165, 1.54) is 12.4 Å². The molecule has 0 bridgehead atoms. The molecule has 1 aromatic carbocycles. The van der Waals surface area contributed by atoms with E-state index in [9.17, 15) is 9.18 Å². The summed E-state index contributed by atoms with van der Waals surface area (Å²) in [5.41, 5.74) is 0.934. The van der Waals surface area contributed by atoms with E-state index in [2.05, 4.69) is 15.0 Å². The van der Waals surface area contributed by atoms with Crippen molar-refractivity contribution in [1.82, 2.24) is 24.6 Å². The summed E-state index contributed by atoms with van der Waals surface area (Å²) in [5.74, 6) is 0.112. The highest BCUT2D eigenvalue weighted by molar-refractivity contribution is 5.76. The fourth-order valence-electron chi connectivity index (χ4n) is 4.69. The Morgan fingerprint density at radius 3 is 2.89 bits per heavy atom. The zero-order valence-electron chi connectivity index (χ0n) is 16.3. The van der Waals surface area contributed by atoms with Gasteiger partial charge in [-0.3, -0.25) is 14.4 Å². The van der Waals surface area contributed by atoms with E-state index in [0.717, 1.165) is 64.0 Å². The quantitative estimate of drug-likeness (QED) is 0.767. The molecule has 28 heavy (non-hydrogen) atoms. The molecule has 0 N–H and O–H groups in total. The van der Waals surface area contributed by atoms with Crippen molar-refractivity contribution in [2.45, 2.75) is 45.2 Å². The fraction of sp³-hybridized carbons (Fsp3) is 0.571. The molecule has 1 aromatic heterocycles. The van der Waals surface area contributed by atoms with Crippen LogP contribution in [0.5, 0.6) is 0 Å². The third kappa shape index (κ3) is 4.41. The lowest BCUT2D eigenvalue weighted by Crippen LogP contribution is -2.45. The van der Waals surface area contributed by atoms with Crippen LogP contribution < -0.4 is 0 Å². The van der Waals surface area contributed by atoms with Gasteiger partial charge in [0.15, 0.2) is 0 Å². The second-order valence-electron chi connectivity index (χ2n) is 8.23. The van der Waals surface area contributed by atoms with Gasteiger partial charge in [0, 0.05) is 50.1 Å². The zero-order chi connectivity index (χ0) is 19.4. The molecule has 0 unspecified atom stereocenters. The molecule has 2 aliphatic rings. The number of benzene rings is 1. The number of hydrogen-bond acceptors (Lipinski definition) is 4. The number of carbonyl (C=O) groups excluding carboxylic acids is 1. The Bertz CT molecular complexity index is 796. The number of hydrogen-bond donors (Lipinski definition) is 0. The Morgan fingerprint density at radius 1 is 1.18 bits per heavy atom. The van der Waals surface area contributed by atoms with E-state index in [-0.39, 0.29) is 17.1 Å². The monoisotopic (exact) mass is 385 g/mol. The molecule has 1 spiro atoms. The van der Waals surface area contributed by atoms with Gasteiger partial charge < -0.3 is 4.90 Å². The number of amides is 1. The molecule has 1 amide bonds. The molecule has 4 rings (SSSR count). The van der Waals surface area contributed by atoms with Gasteiger partial charge in [-0.2, -0.15) is 5.10 Å². The Balaban J connectivity index is 1.29. The van der Waals surface area contributed by atoms with Gasteiger partial charge in [-0.15, -0.1) is 0 Å². The summed E-state index contributed by atoms with van der Waals surface area (Å²) in [7, 11) is 0. The molecular formula is C21H28FN5O. The van der Waals surface area contributed by atoms with Gasteiger partial charge in [-0.25, -0.2) is 9.37 Å². The van der Waals surface area contributed by atoms with Gasteiger partial charge in [0.1, 0.15) is 18.5 Å². The van der Waals surface area contributed by atoms with Crippen molar-refractivity contribution in [1.29, 1.82) is 0 Å². The molecule has 2 aliphatic heterocycles. The molecule has 1 atom stereocenters. The van der Waals surface area contributed by atoms with Gasteiger partial charge in [0.25, 0.3) is 0 Å². The summed E-state index contributed by atoms with van der Waals surface area (Å²) in [6.07, 6.45) is 7.85. The van der Waals surface area contributed by atoms with Crippen LogP contribution in [0.3, 0.4) is 0 Å². The van der Waals surface area contributed by atoms with Crippen LogP contribution in [0.4, 0.5) is 4.39 Å². The molecule has 2 saturated heterocycles. The summed E-state index contributed by atoms with van der Waals surface area (Å²) in [6, 6.07) is 7.04. The Morgan fingerprint density at radius 2 is 2.07 bits per heavy atom. The van der Waals surface area contributed by atoms with Crippen molar-refractivity contribution >= 4 is 5.91 Å². The molecule has 0 aliphatic carbocycles. The van der Waals surface area contributed by atoms with Crippen molar-refractivity contribution in [2.75, 3.05) is 26.2 Å². The van der Waals surface area contributed by atoms with Crippen LogP contribution in [-0.2, 0) is 17.9 Å². The topological polar surface area (TPSA) is 54.3 Å².